The minimum Gasteiger partial charge on any atom is -0.378 e. The van der Waals surface area contributed by atoms with Crippen molar-refractivity contribution in [3.8, 4) is 11.1 Å². The van der Waals surface area contributed by atoms with Gasteiger partial charge in [-0.3, -0.25) is 14.7 Å². The second kappa shape index (κ2) is 7.72. The monoisotopic (exact) mass is 405 g/mol. The molecule has 0 spiro atoms. The van der Waals surface area contributed by atoms with E-state index < -0.39 is 0 Å². The Hall–Kier alpha value is -3.52. The van der Waals surface area contributed by atoms with Crippen LogP contribution in [0.3, 0.4) is 0 Å². The van der Waals surface area contributed by atoms with Gasteiger partial charge in [-0.25, -0.2) is 14.5 Å². The van der Waals surface area contributed by atoms with Gasteiger partial charge in [-0.05, 0) is 26.3 Å². The fraction of sp³-hybridized carbons (Fsp3) is 0.273. The topological polar surface area (TPSA) is 105 Å². The minimum absolute atomic E-state index is 0.213. The van der Waals surface area contributed by atoms with Crippen molar-refractivity contribution in [2.75, 3.05) is 7.11 Å². The van der Waals surface area contributed by atoms with Crippen LogP contribution in [0, 0.1) is 20.8 Å². The van der Waals surface area contributed by atoms with Crippen LogP contribution in [0.4, 0.5) is 0 Å². The Kier molecular flexibility index (Phi) is 5.09. The zero-order valence-corrected chi connectivity index (χ0v) is 17.4. The Morgan fingerprint density at radius 2 is 1.80 bits per heavy atom. The summed E-state index contributed by atoms with van der Waals surface area (Å²) < 4.78 is 6.74. The molecule has 154 valence electrons. The van der Waals surface area contributed by atoms with Gasteiger partial charge in [0.2, 0.25) is 0 Å². The average molecular weight is 405 g/mol. The second-order valence-corrected chi connectivity index (χ2v) is 7.40. The summed E-state index contributed by atoms with van der Waals surface area (Å²) in [4.78, 5) is 37.0. The van der Waals surface area contributed by atoms with Gasteiger partial charge < -0.3 is 9.72 Å². The third-order valence-corrected chi connectivity index (χ3v) is 5.07. The number of aromatic nitrogens is 5. The maximum absolute atomic E-state index is 12.8. The second-order valence-electron chi connectivity index (χ2n) is 7.40. The van der Waals surface area contributed by atoms with Gasteiger partial charge in [-0.1, -0.05) is 29.8 Å². The Morgan fingerprint density at radius 3 is 2.47 bits per heavy atom. The van der Waals surface area contributed by atoms with Gasteiger partial charge in [-0.2, -0.15) is 0 Å². The molecule has 2 N–H and O–H groups in total. The highest BCUT2D eigenvalue weighted by molar-refractivity contribution is 5.80. The lowest BCUT2D eigenvalue weighted by molar-refractivity contribution is 0.181. The number of aromatic amines is 2. The van der Waals surface area contributed by atoms with Gasteiger partial charge in [0.15, 0.2) is 5.65 Å². The molecule has 8 heteroatoms. The first kappa shape index (κ1) is 19.8. The van der Waals surface area contributed by atoms with Crippen LogP contribution in [-0.4, -0.2) is 31.7 Å². The van der Waals surface area contributed by atoms with E-state index in [1.54, 1.807) is 21.0 Å². The zero-order valence-electron chi connectivity index (χ0n) is 17.4. The van der Waals surface area contributed by atoms with E-state index >= 15 is 0 Å². The van der Waals surface area contributed by atoms with Gasteiger partial charge in [-0.15, -0.1) is 0 Å². The standard InChI is InChI=1S/C22H23N5O3/c1-12-5-7-15(8-6-12)20-18(11-30-4)26-27-19(28)10-16(25-21(20)27)9-17-13(2)23-14(3)24-22(17)29/h5-8,10,26H,9,11H2,1-4H3,(H,23,24,29). The Balaban J connectivity index is 1.90. The number of benzene rings is 1. The predicted molar refractivity (Wildman–Crippen MR) is 114 cm³/mol. The first-order valence-electron chi connectivity index (χ1n) is 9.63. The van der Waals surface area contributed by atoms with Gasteiger partial charge >= 0.3 is 0 Å². The molecule has 3 heterocycles. The summed E-state index contributed by atoms with van der Waals surface area (Å²) in [6.45, 7) is 5.85. The summed E-state index contributed by atoms with van der Waals surface area (Å²) in [5, 5.41) is 3.10. The van der Waals surface area contributed by atoms with Crippen molar-refractivity contribution < 1.29 is 4.74 Å². The molecule has 0 saturated heterocycles. The molecule has 0 aliphatic heterocycles. The molecule has 3 aromatic heterocycles. The van der Waals surface area contributed by atoms with E-state index in [9.17, 15) is 9.59 Å². The van der Waals surface area contributed by atoms with Gasteiger partial charge in [0.1, 0.15) is 5.82 Å². The molecule has 0 fully saturated rings. The quantitative estimate of drug-likeness (QED) is 0.531. The molecule has 8 nitrogen and oxygen atoms in total. The molecular formula is C22H23N5O3. The lowest BCUT2D eigenvalue weighted by Crippen LogP contribution is -2.20. The van der Waals surface area contributed by atoms with Crippen molar-refractivity contribution in [3.63, 3.8) is 0 Å². The highest BCUT2D eigenvalue weighted by atomic mass is 16.5. The van der Waals surface area contributed by atoms with Gasteiger partial charge in [0.25, 0.3) is 11.1 Å². The van der Waals surface area contributed by atoms with Crippen LogP contribution in [0.5, 0.6) is 0 Å². The van der Waals surface area contributed by atoms with E-state index in [-0.39, 0.29) is 17.5 Å². The molecular weight excluding hydrogens is 382 g/mol. The van der Waals surface area contributed by atoms with Crippen molar-refractivity contribution in [2.24, 2.45) is 0 Å². The summed E-state index contributed by atoms with van der Waals surface area (Å²) in [7, 11) is 1.60. The van der Waals surface area contributed by atoms with Crippen LogP contribution >= 0.6 is 0 Å². The number of ether oxygens (including phenoxy) is 1. The van der Waals surface area contributed by atoms with Crippen LogP contribution in [0.15, 0.2) is 39.9 Å². The van der Waals surface area contributed by atoms with Crippen LogP contribution in [0.1, 0.15) is 34.0 Å². The fourth-order valence-corrected chi connectivity index (χ4v) is 3.63. The Labute approximate surface area is 172 Å². The lowest BCUT2D eigenvalue weighted by atomic mass is 10.0. The molecule has 0 aliphatic rings. The lowest BCUT2D eigenvalue weighted by Gasteiger charge is -2.06. The molecule has 0 unspecified atom stereocenters. The van der Waals surface area contributed by atoms with Crippen LogP contribution in [0.25, 0.3) is 16.8 Å². The van der Waals surface area contributed by atoms with Crippen LogP contribution in [0.2, 0.25) is 0 Å². The number of hydrogen-bond donors (Lipinski definition) is 2. The summed E-state index contributed by atoms with van der Waals surface area (Å²) in [5.41, 5.74) is 5.32. The fourth-order valence-electron chi connectivity index (χ4n) is 3.63. The zero-order chi connectivity index (χ0) is 21.4. The largest absolute Gasteiger partial charge is 0.378 e. The summed E-state index contributed by atoms with van der Waals surface area (Å²) in [6.07, 6.45) is 0.221. The number of H-pyrrole nitrogens is 2. The maximum atomic E-state index is 12.8. The molecule has 1 aromatic carbocycles. The number of methoxy groups -OCH3 is 1. The average Bonchev–Trinajstić information content (AvgIpc) is 3.04. The van der Waals surface area contributed by atoms with E-state index in [1.165, 1.54) is 10.6 Å². The first-order valence-corrected chi connectivity index (χ1v) is 9.63. The molecule has 0 radical (unpaired) electrons. The number of fused-ring (bicyclic) bond motifs is 1. The van der Waals surface area contributed by atoms with Crippen molar-refractivity contribution >= 4 is 5.65 Å². The molecule has 4 rings (SSSR count). The molecule has 0 amide bonds. The molecule has 0 atom stereocenters. The van der Waals surface area contributed by atoms with Crippen molar-refractivity contribution in [1.82, 2.24) is 24.6 Å². The smallest absolute Gasteiger partial charge is 0.272 e. The SMILES string of the molecule is COCc1[nH]n2c(=O)cc(Cc3c(C)nc(C)[nH]c3=O)nc2c1-c1ccc(C)cc1. The molecule has 0 aliphatic carbocycles. The molecule has 4 aromatic rings. The number of rotatable bonds is 5. The van der Waals surface area contributed by atoms with E-state index in [0.29, 0.717) is 35.0 Å². The van der Waals surface area contributed by atoms with Gasteiger partial charge in [0.05, 0.1) is 18.0 Å². The van der Waals surface area contributed by atoms with Crippen LogP contribution in [-0.2, 0) is 17.8 Å². The van der Waals surface area contributed by atoms with Crippen molar-refractivity contribution in [2.45, 2.75) is 33.8 Å². The highest BCUT2D eigenvalue weighted by Crippen LogP contribution is 2.28. The highest BCUT2D eigenvalue weighted by Gasteiger charge is 2.18. The van der Waals surface area contributed by atoms with Crippen molar-refractivity contribution in [1.29, 1.82) is 0 Å². The normalized spacial score (nSPS) is 11.3. The number of aryl methyl sites for hydroxylation is 3. The minimum atomic E-state index is -0.250. The summed E-state index contributed by atoms with van der Waals surface area (Å²) in [6, 6.07) is 9.46. The third kappa shape index (κ3) is 3.57. The third-order valence-electron chi connectivity index (χ3n) is 5.07. The van der Waals surface area contributed by atoms with Crippen LogP contribution < -0.4 is 11.1 Å². The Bertz CT molecular complexity index is 1350. The van der Waals surface area contributed by atoms with E-state index in [4.69, 9.17) is 9.72 Å². The number of nitrogens with one attached hydrogen (secondary N) is 2. The summed E-state index contributed by atoms with van der Waals surface area (Å²) >= 11 is 0. The Morgan fingerprint density at radius 1 is 1.07 bits per heavy atom. The number of nitrogens with zero attached hydrogens (tertiary/aromatic N) is 3. The number of hydrogen-bond acceptors (Lipinski definition) is 5. The maximum Gasteiger partial charge on any atom is 0.272 e. The van der Waals surface area contributed by atoms with E-state index in [2.05, 4.69) is 15.1 Å². The molecule has 30 heavy (non-hydrogen) atoms. The molecule has 0 saturated carbocycles. The van der Waals surface area contributed by atoms with E-state index in [0.717, 1.165) is 22.4 Å². The first-order chi connectivity index (χ1) is 14.4. The van der Waals surface area contributed by atoms with Crippen molar-refractivity contribution in [3.05, 3.63) is 85.1 Å². The predicted octanol–water partition coefficient (Wildman–Crippen LogP) is 2.44. The summed E-state index contributed by atoms with van der Waals surface area (Å²) in [5.74, 6) is 0.557. The molecule has 0 bridgehead atoms. The van der Waals surface area contributed by atoms with Gasteiger partial charge in [0, 0.05) is 36.4 Å². The van der Waals surface area contributed by atoms with E-state index in [1.807, 2.05) is 31.2 Å².